The second kappa shape index (κ2) is 3.89. The maximum atomic E-state index is 11.0. The number of aryl methyl sites for hydroxylation is 1. The van der Waals surface area contributed by atoms with Gasteiger partial charge in [-0.3, -0.25) is 0 Å². The number of nitriles is 1. The van der Waals surface area contributed by atoms with Gasteiger partial charge >= 0.3 is 0 Å². The molecule has 1 aromatic carbocycles. The molecule has 0 fully saturated rings. The fourth-order valence-corrected chi connectivity index (χ4v) is 2.64. The van der Waals surface area contributed by atoms with Crippen LogP contribution in [0.4, 0.5) is 0 Å². The molecule has 1 aromatic rings. The summed E-state index contributed by atoms with van der Waals surface area (Å²) in [5, 5.41) is 8.73. The van der Waals surface area contributed by atoms with Crippen molar-refractivity contribution in [1.82, 2.24) is 0 Å². The van der Waals surface area contributed by atoms with E-state index >= 15 is 0 Å². The Labute approximate surface area is 94.9 Å². The third kappa shape index (κ3) is 2.27. The van der Waals surface area contributed by atoms with E-state index in [0.29, 0.717) is 15.6 Å². The Morgan fingerprint density at radius 2 is 2.07 bits per heavy atom. The summed E-state index contributed by atoms with van der Waals surface area (Å²) in [5.41, 5.74) is 0.982. The highest BCUT2D eigenvalue weighted by Crippen LogP contribution is 2.26. The van der Waals surface area contributed by atoms with E-state index in [-0.39, 0.29) is 4.90 Å². The van der Waals surface area contributed by atoms with Crippen LogP contribution in [0.2, 0.25) is 0 Å². The van der Waals surface area contributed by atoms with Crippen molar-refractivity contribution in [2.75, 3.05) is 0 Å². The lowest BCUT2D eigenvalue weighted by Crippen LogP contribution is -1.94. The Kier molecular flexibility index (Phi) is 3.20. The molecule has 3 nitrogen and oxygen atoms in total. The van der Waals surface area contributed by atoms with Crippen LogP contribution < -0.4 is 0 Å². The minimum atomic E-state index is -3.74. The average Bonchev–Trinajstić information content (AvgIpc) is 2.01. The van der Waals surface area contributed by atoms with Crippen LogP contribution in [0.3, 0.4) is 0 Å². The van der Waals surface area contributed by atoms with E-state index in [0.717, 1.165) is 0 Å². The summed E-state index contributed by atoms with van der Waals surface area (Å²) in [7, 11) is 1.43. The van der Waals surface area contributed by atoms with Gasteiger partial charge in [-0.15, -0.1) is 0 Å². The van der Waals surface area contributed by atoms with Crippen LogP contribution in [0.25, 0.3) is 0 Å². The number of hydrogen-bond acceptors (Lipinski definition) is 3. The third-order valence-electron chi connectivity index (χ3n) is 1.65. The first kappa shape index (κ1) is 11.5. The van der Waals surface area contributed by atoms with Crippen LogP contribution in [0.1, 0.15) is 11.1 Å². The van der Waals surface area contributed by atoms with Crippen molar-refractivity contribution >= 4 is 35.7 Å². The zero-order valence-electron chi connectivity index (χ0n) is 7.08. The van der Waals surface area contributed by atoms with E-state index in [1.807, 2.05) is 6.07 Å². The Morgan fingerprint density at radius 1 is 1.50 bits per heavy atom. The summed E-state index contributed by atoms with van der Waals surface area (Å²) in [6.07, 6.45) is 0. The second-order valence-corrected chi connectivity index (χ2v) is 6.07. The standard InChI is InChI=1S/C8H5BrClNO2S/c1-5-2-6(14(10,12)13)3-8(9)7(5)4-11/h2-3H,1H3. The minimum absolute atomic E-state index is 0.0115. The summed E-state index contributed by atoms with van der Waals surface area (Å²) in [4.78, 5) is -0.0115. The highest BCUT2D eigenvalue weighted by Gasteiger charge is 2.14. The first-order chi connectivity index (χ1) is 6.36. The van der Waals surface area contributed by atoms with E-state index in [2.05, 4.69) is 15.9 Å². The molecule has 0 aliphatic carbocycles. The molecule has 0 saturated carbocycles. The zero-order valence-corrected chi connectivity index (χ0v) is 10.2. The Morgan fingerprint density at radius 3 is 2.43 bits per heavy atom. The number of benzene rings is 1. The molecule has 1 rings (SSSR count). The molecule has 0 aromatic heterocycles. The Balaban J connectivity index is 3.53. The molecule has 74 valence electrons. The SMILES string of the molecule is Cc1cc(S(=O)(=O)Cl)cc(Br)c1C#N. The number of halogens is 2. The van der Waals surface area contributed by atoms with Crippen LogP contribution in [-0.2, 0) is 9.05 Å². The number of nitrogens with zero attached hydrogens (tertiary/aromatic N) is 1. The van der Waals surface area contributed by atoms with Crippen molar-refractivity contribution in [3.63, 3.8) is 0 Å². The minimum Gasteiger partial charge on any atom is -0.207 e. The molecule has 0 atom stereocenters. The molecule has 14 heavy (non-hydrogen) atoms. The van der Waals surface area contributed by atoms with Gasteiger partial charge in [0.25, 0.3) is 9.05 Å². The van der Waals surface area contributed by atoms with Gasteiger partial charge in [-0.25, -0.2) is 8.42 Å². The summed E-state index contributed by atoms with van der Waals surface area (Å²) in [6.45, 7) is 1.65. The fourth-order valence-electron chi connectivity index (χ4n) is 0.995. The van der Waals surface area contributed by atoms with Gasteiger partial charge in [-0.1, -0.05) is 0 Å². The molecule has 0 saturated heterocycles. The molecule has 6 heteroatoms. The van der Waals surface area contributed by atoms with Crippen LogP contribution in [0.5, 0.6) is 0 Å². The molecule has 0 unspecified atom stereocenters. The maximum Gasteiger partial charge on any atom is 0.261 e. The highest BCUT2D eigenvalue weighted by atomic mass is 79.9. The average molecular weight is 295 g/mol. The molecular formula is C8H5BrClNO2S. The van der Waals surface area contributed by atoms with Crippen LogP contribution in [0, 0.1) is 18.3 Å². The lowest BCUT2D eigenvalue weighted by Gasteiger charge is -2.03. The number of hydrogen-bond donors (Lipinski definition) is 0. The Hall–Kier alpha value is -0.570. The smallest absolute Gasteiger partial charge is 0.207 e. The van der Waals surface area contributed by atoms with E-state index in [9.17, 15) is 8.42 Å². The monoisotopic (exact) mass is 293 g/mol. The fraction of sp³-hybridized carbons (Fsp3) is 0.125. The van der Waals surface area contributed by atoms with Crippen LogP contribution in [-0.4, -0.2) is 8.42 Å². The van der Waals surface area contributed by atoms with Gasteiger partial charge in [-0.05, 0) is 40.5 Å². The van der Waals surface area contributed by atoms with E-state index in [1.165, 1.54) is 12.1 Å². The highest BCUT2D eigenvalue weighted by molar-refractivity contribution is 9.10. The molecule has 0 aliphatic heterocycles. The first-order valence-corrected chi connectivity index (χ1v) is 6.61. The summed E-state index contributed by atoms with van der Waals surface area (Å²) in [6, 6.07) is 4.64. The van der Waals surface area contributed by atoms with Crippen molar-refractivity contribution < 1.29 is 8.42 Å². The summed E-state index contributed by atoms with van der Waals surface area (Å²) in [5.74, 6) is 0. The topological polar surface area (TPSA) is 57.9 Å². The molecule has 0 amide bonds. The van der Waals surface area contributed by atoms with Gasteiger partial charge in [0.05, 0.1) is 10.5 Å². The largest absolute Gasteiger partial charge is 0.261 e. The van der Waals surface area contributed by atoms with Gasteiger partial charge < -0.3 is 0 Å². The van der Waals surface area contributed by atoms with Gasteiger partial charge in [0.2, 0.25) is 0 Å². The van der Waals surface area contributed by atoms with Crippen molar-refractivity contribution in [3.05, 3.63) is 27.7 Å². The molecule has 0 radical (unpaired) electrons. The van der Waals surface area contributed by atoms with Crippen molar-refractivity contribution in [1.29, 1.82) is 5.26 Å². The normalized spacial score (nSPS) is 11.0. The molecule has 0 spiro atoms. The van der Waals surface area contributed by atoms with Crippen LogP contribution >= 0.6 is 26.6 Å². The van der Waals surface area contributed by atoms with Crippen LogP contribution in [0.15, 0.2) is 21.5 Å². The van der Waals surface area contributed by atoms with Gasteiger partial charge in [0.1, 0.15) is 6.07 Å². The molecule has 0 heterocycles. The predicted molar refractivity (Wildman–Crippen MR) is 56.6 cm³/mol. The quantitative estimate of drug-likeness (QED) is 0.748. The molecular weight excluding hydrogens is 290 g/mol. The second-order valence-electron chi connectivity index (χ2n) is 2.65. The van der Waals surface area contributed by atoms with Gasteiger partial charge in [0.15, 0.2) is 0 Å². The van der Waals surface area contributed by atoms with Crippen molar-refractivity contribution in [2.24, 2.45) is 0 Å². The lowest BCUT2D eigenvalue weighted by atomic mass is 10.1. The van der Waals surface area contributed by atoms with Gasteiger partial charge in [-0.2, -0.15) is 5.26 Å². The van der Waals surface area contributed by atoms with Crippen molar-refractivity contribution in [3.8, 4) is 6.07 Å². The maximum absolute atomic E-state index is 11.0. The lowest BCUT2D eigenvalue weighted by molar-refractivity contribution is 0.609. The van der Waals surface area contributed by atoms with E-state index in [4.69, 9.17) is 15.9 Å². The Bertz CT molecular complexity index is 496. The molecule has 0 N–H and O–H groups in total. The summed E-state index contributed by atoms with van der Waals surface area (Å²) >= 11 is 3.10. The molecule has 0 bridgehead atoms. The predicted octanol–water partition coefficient (Wildman–Crippen LogP) is 2.56. The summed E-state index contributed by atoms with van der Waals surface area (Å²) < 4.78 is 22.4. The van der Waals surface area contributed by atoms with E-state index < -0.39 is 9.05 Å². The van der Waals surface area contributed by atoms with Crippen molar-refractivity contribution in [2.45, 2.75) is 11.8 Å². The van der Waals surface area contributed by atoms with E-state index in [1.54, 1.807) is 6.92 Å². The molecule has 0 aliphatic rings. The zero-order chi connectivity index (χ0) is 10.9. The third-order valence-corrected chi connectivity index (χ3v) is 3.61. The number of rotatable bonds is 1. The first-order valence-electron chi connectivity index (χ1n) is 3.51. The van der Waals surface area contributed by atoms with Gasteiger partial charge in [0, 0.05) is 15.2 Å².